The summed E-state index contributed by atoms with van der Waals surface area (Å²) in [6.07, 6.45) is 10.8. The van der Waals surface area contributed by atoms with Crippen molar-refractivity contribution in [2.45, 2.75) is 64.2 Å². The summed E-state index contributed by atoms with van der Waals surface area (Å²) in [5.74, 6) is -0.807. The second-order valence-electron chi connectivity index (χ2n) is 6.63. The van der Waals surface area contributed by atoms with Crippen molar-refractivity contribution in [3.63, 3.8) is 0 Å². The third-order valence-electron chi connectivity index (χ3n) is 5.09. The topological polar surface area (TPSA) is 69.6 Å². The van der Waals surface area contributed by atoms with Crippen LogP contribution in [0.3, 0.4) is 0 Å². The van der Waals surface area contributed by atoms with E-state index >= 15 is 0 Å². The van der Waals surface area contributed by atoms with Gasteiger partial charge >= 0.3 is 12.0 Å². The van der Waals surface area contributed by atoms with Crippen LogP contribution in [0.25, 0.3) is 0 Å². The molecule has 1 saturated heterocycles. The summed E-state index contributed by atoms with van der Waals surface area (Å²) in [6, 6.07) is -0.0201. The minimum absolute atomic E-state index is 0.0201. The Morgan fingerprint density at radius 3 is 2.43 bits per heavy atom. The number of carbonyl (C=O) groups excluding carboxylic acids is 1. The number of aliphatic carboxylic acids is 1. The van der Waals surface area contributed by atoms with E-state index < -0.39 is 5.97 Å². The molecule has 2 fully saturated rings. The Balaban J connectivity index is 1.74. The summed E-state index contributed by atoms with van der Waals surface area (Å²) in [6.45, 7) is 2.14. The zero-order valence-corrected chi connectivity index (χ0v) is 12.9. The molecule has 1 aliphatic heterocycles. The van der Waals surface area contributed by atoms with Gasteiger partial charge in [-0.15, -0.1) is 0 Å². The Morgan fingerprint density at radius 1 is 1.00 bits per heavy atom. The maximum absolute atomic E-state index is 12.1. The third-order valence-corrected chi connectivity index (χ3v) is 5.09. The quantitative estimate of drug-likeness (QED) is 0.784. The number of hydrogen-bond acceptors (Lipinski definition) is 2. The van der Waals surface area contributed by atoms with Crippen LogP contribution in [0.4, 0.5) is 4.79 Å². The van der Waals surface area contributed by atoms with E-state index in [9.17, 15) is 9.59 Å². The number of hydrogen-bond donors (Lipinski definition) is 2. The van der Waals surface area contributed by atoms with Crippen molar-refractivity contribution < 1.29 is 14.7 Å². The maximum atomic E-state index is 12.1. The molecule has 2 rings (SSSR count). The van der Waals surface area contributed by atoms with E-state index in [1.165, 1.54) is 38.5 Å². The van der Waals surface area contributed by atoms with Gasteiger partial charge in [-0.3, -0.25) is 4.79 Å². The van der Waals surface area contributed by atoms with E-state index in [1.807, 2.05) is 4.90 Å². The van der Waals surface area contributed by atoms with Gasteiger partial charge in [0.25, 0.3) is 0 Å². The van der Waals surface area contributed by atoms with Crippen molar-refractivity contribution in [2.24, 2.45) is 5.41 Å². The van der Waals surface area contributed by atoms with Crippen LogP contribution in [0.5, 0.6) is 0 Å². The summed E-state index contributed by atoms with van der Waals surface area (Å²) in [5.41, 5.74) is 0.497. The van der Waals surface area contributed by atoms with E-state index in [2.05, 4.69) is 5.32 Å². The molecule has 5 heteroatoms. The molecule has 0 atom stereocenters. The van der Waals surface area contributed by atoms with Gasteiger partial charge < -0.3 is 15.3 Å². The fraction of sp³-hybridized carbons (Fsp3) is 0.875. The second kappa shape index (κ2) is 7.66. The molecule has 1 aliphatic carbocycles. The summed E-state index contributed by atoms with van der Waals surface area (Å²) in [5, 5.41) is 11.4. The number of carboxylic acids is 1. The fourth-order valence-corrected chi connectivity index (χ4v) is 3.81. The fourth-order valence-electron chi connectivity index (χ4n) is 3.81. The van der Waals surface area contributed by atoms with Crippen LogP contribution < -0.4 is 5.32 Å². The van der Waals surface area contributed by atoms with Crippen LogP contribution in [0, 0.1) is 5.41 Å². The molecule has 0 radical (unpaired) electrons. The molecule has 5 nitrogen and oxygen atoms in total. The first kappa shape index (κ1) is 16.1. The lowest BCUT2D eigenvalue weighted by Gasteiger charge is -2.36. The van der Waals surface area contributed by atoms with Crippen molar-refractivity contribution in [3.8, 4) is 0 Å². The van der Waals surface area contributed by atoms with E-state index in [4.69, 9.17) is 5.11 Å². The highest BCUT2D eigenvalue weighted by Gasteiger charge is 2.34. The molecule has 1 heterocycles. The highest BCUT2D eigenvalue weighted by Crippen LogP contribution is 2.44. The Hall–Kier alpha value is -1.26. The zero-order chi connectivity index (χ0) is 15.1. The first-order valence-electron chi connectivity index (χ1n) is 8.36. The highest BCUT2D eigenvalue weighted by atomic mass is 16.4. The monoisotopic (exact) mass is 296 g/mol. The Labute approximate surface area is 127 Å². The van der Waals surface area contributed by atoms with Gasteiger partial charge in [0.05, 0.1) is 0 Å². The molecule has 1 saturated carbocycles. The number of rotatable bonds is 4. The first-order chi connectivity index (χ1) is 10.1. The van der Waals surface area contributed by atoms with E-state index in [0.717, 1.165) is 25.9 Å². The predicted octanol–water partition coefficient (Wildman–Crippen LogP) is 3.00. The predicted molar refractivity (Wildman–Crippen MR) is 81.2 cm³/mol. The SMILES string of the molecule is O=C(O)CCCNC(=O)N1CCCC2(CCCCC2)CC1. The average molecular weight is 296 g/mol. The lowest BCUT2D eigenvalue weighted by molar-refractivity contribution is -0.137. The van der Waals surface area contributed by atoms with Gasteiger partial charge in [0.15, 0.2) is 0 Å². The van der Waals surface area contributed by atoms with Gasteiger partial charge in [-0.05, 0) is 43.9 Å². The van der Waals surface area contributed by atoms with Crippen LogP contribution >= 0.6 is 0 Å². The number of nitrogens with zero attached hydrogens (tertiary/aromatic N) is 1. The summed E-state index contributed by atoms with van der Waals surface area (Å²) >= 11 is 0. The highest BCUT2D eigenvalue weighted by molar-refractivity contribution is 5.74. The Bertz CT molecular complexity index is 365. The van der Waals surface area contributed by atoms with E-state index in [-0.39, 0.29) is 12.5 Å². The maximum Gasteiger partial charge on any atom is 0.317 e. The van der Waals surface area contributed by atoms with Crippen LogP contribution in [-0.2, 0) is 4.79 Å². The summed E-state index contributed by atoms with van der Waals surface area (Å²) < 4.78 is 0. The molecule has 120 valence electrons. The number of likely N-dealkylation sites (tertiary alicyclic amines) is 1. The minimum atomic E-state index is -0.807. The van der Waals surface area contributed by atoms with Gasteiger partial charge in [-0.2, -0.15) is 0 Å². The number of carbonyl (C=O) groups is 2. The summed E-state index contributed by atoms with van der Waals surface area (Å²) in [7, 11) is 0. The molecule has 0 aromatic heterocycles. The van der Waals surface area contributed by atoms with E-state index in [1.54, 1.807) is 0 Å². The number of nitrogens with one attached hydrogen (secondary N) is 1. The number of urea groups is 1. The summed E-state index contributed by atoms with van der Waals surface area (Å²) in [4.78, 5) is 24.5. The molecular formula is C16H28N2O3. The zero-order valence-electron chi connectivity index (χ0n) is 12.9. The Kier molecular flexibility index (Phi) is 5.88. The van der Waals surface area contributed by atoms with Gasteiger partial charge in [0.2, 0.25) is 0 Å². The molecule has 21 heavy (non-hydrogen) atoms. The van der Waals surface area contributed by atoms with Crippen molar-refractivity contribution in [1.82, 2.24) is 10.2 Å². The number of amides is 2. The van der Waals surface area contributed by atoms with Crippen molar-refractivity contribution in [1.29, 1.82) is 0 Å². The van der Waals surface area contributed by atoms with Crippen LogP contribution in [0.1, 0.15) is 64.2 Å². The van der Waals surface area contributed by atoms with Gasteiger partial charge in [0.1, 0.15) is 0 Å². The van der Waals surface area contributed by atoms with Gasteiger partial charge in [0, 0.05) is 26.1 Å². The third kappa shape index (κ3) is 4.90. The van der Waals surface area contributed by atoms with Crippen LogP contribution in [0.15, 0.2) is 0 Å². The van der Waals surface area contributed by atoms with Crippen LogP contribution in [-0.4, -0.2) is 41.6 Å². The van der Waals surface area contributed by atoms with Crippen molar-refractivity contribution in [2.75, 3.05) is 19.6 Å². The largest absolute Gasteiger partial charge is 0.481 e. The van der Waals surface area contributed by atoms with Crippen molar-refractivity contribution in [3.05, 3.63) is 0 Å². The standard InChI is InChI=1S/C16H28N2O3/c19-14(20)6-4-11-17-15(21)18-12-5-9-16(10-13-18)7-2-1-3-8-16/h1-13H2,(H,17,21)(H,19,20). The van der Waals surface area contributed by atoms with Gasteiger partial charge in [-0.1, -0.05) is 19.3 Å². The first-order valence-corrected chi connectivity index (χ1v) is 8.36. The van der Waals surface area contributed by atoms with E-state index in [0.29, 0.717) is 18.4 Å². The second-order valence-corrected chi connectivity index (χ2v) is 6.63. The smallest absolute Gasteiger partial charge is 0.317 e. The molecule has 2 amide bonds. The number of carboxylic acid groups (broad SMARTS) is 1. The average Bonchev–Trinajstić information content (AvgIpc) is 2.67. The van der Waals surface area contributed by atoms with Gasteiger partial charge in [-0.25, -0.2) is 4.79 Å². The lowest BCUT2D eigenvalue weighted by Crippen LogP contribution is -2.41. The molecule has 2 N–H and O–H groups in total. The molecule has 1 spiro atoms. The minimum Gasteiger partial charge on any atom is -0.481 e. The Morgan fingerprint density at radius 2 is 1.71 bits per heavy atom. The molecular weight excluding hydrogens is 268 g/mol. The lowest BCUT2D eigenvalue weighted by atomic mass is 9.69. The molecule has 0 bridgehead atoms. The normalized spacial score (nSPS) is 21.8. The molecule has 0 aromatic carbocycles. The molecule has 2 aliphatic rings. The molecule has 0 aromatic rings. The van der Waals surface area contributed by atoms with Crippen LogP contribution in [0.2, 0.25) is 0 Å². The molecule has 0 unspecified atom stereocenters. The van der Waals surface area contributed by atoms with Crippen molar-refractivity contribution >= 4 is 12.0 Å².